The molecule has 0 aromatic heterocycles. The molecule has 0 bridgehead atoms. The average Bonchev–Trinajstić information content (AvgIpc) is 2.59. The summed E-state index contributed by atoms with van der Waals surface area (Å²) in [5.74, 6) is -10.2. The smallest absolute Gasteiger partial charge is 0.429 e. The fraction of sp³-hybridized carbons (Fsp3) is 0.316. The minimum absolute atomic E-state index is 0.0208. The van der Waals surface area contributed by atoms with Crippen LogP contribution in [0.2, 0.25) is 0 Å². The summed E-state index contributed by atoms with van der Waals surface area (Å²) in [4.78, 5) is 11.3. The van der Waals surface area contributed by atoms with Crippen LogP contribution in [0.1, 0.15) is 42.7 Å². The second kappa shape index (κ2) is 7.44. The van der Waals surface area contributed by atoms with Crippen LogP contribution < -0.4 is 4.74 Å². The summed E-state index contributed by atoms with van der Waals surface area (Å²) in [5.41, 5.74) is -1.62. The number of rotatable bonds is 4. The van der Waals surface area contributed by atoms with Gasteiger partial charge in [0.1, 0.15) is 28.7 Å². The highest BCUT2D eigenvalue weighted by molar-refractivity contribution is 5.79. The molecule has 0 radical (unpaired) electrons. The molecule has 0 spiro atoms. The molecule has 1 aliphatic rings. The fourth-order valence-electron chi connectivity index (χ4n) is 3.17. The van der Waals surface area contributed by atoms with Crippen LogP contribution in [0.15, 0.2) is 24.3 Å². The Morgan fingerprint density at radius 2 is 1.32 bits per heavy atom. The van der Waals surface area contributed by atoms with Gasteiger partial charge in [0.2, 0.25) is 0 Å². The summed E-state index contributed by atoms with van der Waals surface area (Å²) in [7, 11) is 0. The van der Waals surface area contributed by atoms with Crippen molar-refractivity contribution < 1.29 is 40.3 Å². The molecule has 150 valence electrons. The number of alkyl halides is 2. The number of halogens is 7. The van der Waals surface area contributed by atoms with E-state index in [1.807, 2.05) is 0 Å². The lowest BCUT2D eigenvalue weighted by Crippen LogP contribution is -2.26. The number of hydrogen-bond acceptors (Lipinski definition) is 2. The Bertz CT molecular complexity index is 870. The van der Waals surface area contributed by atoms with Crippen LogP contribution in [0, 0.1) is 29.1 Å². The number of benzene rings is 2. The number of hydrogen-bond donors (Lipinski definition) is 0. The molecule has 28 heavy (non-hydrogen) atoms. The first-order valence-electron chi connectivity index (χ1n) is 8.31. The maximum absolute atomic E-state index is 14.3. The normalized spacial score (nSPS) is 15.8. The molecule has 2 aromatic carbocycles. The van der Waals surface area contributed by atoms with E-state index in [2.05, 4.69) is 4.74 Å². The zero-order valence-corrected chi connectivity index (χ0v) is 14.2. The van der Waals surface area contributed by atoms with E-state index in [0.29, 0.717) is 12.8 Å². The van der Waals surface area contributed by atoms with Gasteiger partial charge in [-0.1, -0.05) is 0 Å². The maximum atomic E-state index is 14.3. The molecule has 1 saturated carbocycles. The zero-order valence-electron chi connectivity index (χ0n) is 14.2. The lowest BCUT2D eigenvalue weighted by Gasteiger charge is -2.24. The molecule has 1 fully saturated rings. The molecule has 0 saturated heterocycles. The van der Waals surface area contributed by atoms with Crippen LogP contribution in [-0.4, -0.2) is 5.78 Å². The first-order chi connectivity index (χ1) is 13.1. The van der Waals surface area contributed by atoms with Crippen molar-refractivity contribution in [2.24, 2.45) is 0 Å². The van der Waals surface area contributed by atoms with Gasteiger partial charge in [0.15, 0.2) is 17.5 Å². The number of carbonyl (C=O) groups is 1. The second-order valence-electron chi connectivity index (χ2n) is 6.49. The van der Waals surface area contributed by atoms with Gasteiger partial charge in [0.05, 0.1) is 0 Å². The Morgan fingerprint density at radius 1 is 0.821 bits per heavy atom. The molecular formula is C19H13F7O2. The van der Waals surface area contributed by atoms with E-state index >= 15 is 0 Å². The van der Waals surface area contributed by atoms with Crippen molar-refractivity contribution in [3.8, 4) is 5.75 Å². The minimum atomic E-state index is -4.62. The maximum Gasteiger partial charge on any atom is 0.432 e. The fourth-order valence-corrected chi connectivity index (χ4v) is 3.17. The molecule has 9 heteroatoms. The van der Waals surface area contributed by atoms with Gasteiger partial charge in [-0.2, -0.15) is 8.78 Å². The van der Waals surface area contributed by atoms with E-state index in [9.17, 15) is 35.5 Å². The number of ketones is 1. The van der Waals surface area contributed by atoms with Crippen molar-refractivity contribution >= 4 is 5.78 Å². The monoisotopic (exact) mass is 406 g/mol. The molecule has 0 amide bonds. The highest BCUT2D eigenvalue weighted by atomic mass is 19.3. The molecule has 0 heterocycles. The summed E-state index contributed by atoms with van der Waals surface area (Å²) >= 11 is 0. The van der Waals surface area contributed by atoms with Gasteiger partial charge in [-0.25, -0.2) is 22.0 Å². The lowest BCUT2D eigenvalue weighted by molar-refractivity contribution is -0.189. The highest BCUT2D eigenvalue weighted by Crippen LogP contribution is 2.39. The van der Waals surface area contributed by atoms with Crippen LogP contribution in [-0.2, 0) is 10.9 Å². The molecule has 0 N–H and O–H groups in total. The topological polar surface area (TPSA) is 26.3 Å². The van der Waals surface area contributed by atoms with Crippen LogP contribution in [0.3, 0.4) is 0 Å². The summed E-state index contributed by atoms with van der Waals surface area (Å²) < 4.78 is 100. The summed E-state index contributed by atoms with van der Waals surface area (Å²) in [6.45, 7) is 0. The lowest BCUT2D eigenvalue weighted by atomic mass is 9.83. The summed E-state index contributed by atoms with van der Waals surface area (Å²) in [5, 5.41) is 0. The summed E-state index contributed by atoms with van der Waals surface area (Å²) in [6.07, 6.45) is -3.46. The first kappa shape index (κ1) is 20.2. The average molecular weight is 406 g/mol. The van der Waals surface area contributed by atoms with Gasteiger partial charge in [0.25, 0.3) is 0 Å². The van der Waals surface area contributed by atoms with Crippen molar-refractivity contribution in [2.45, 2.75) is 37.7 Å². The Morgan fingerprint density at radius 3 is 1.82 bits per heavy atom. The van der Waals surface area contributed by atoms with Crippen LogP contribution in [0.5, 0.6) is 5.75 Å². The van der Waals surface area contributed by atoms with Gasteiger partial charge >= 0.3 is 6.11 Å². The van der Waals surface area contributed by atoms with Crippen LogP contribution in [0.25, 0.3) is 0 Å². The van der Waals surface area contributed by atoms with Gasteiger partial charge in [-0.15, -0.1) is 0 Å². The van der Waals surface area contributed by atoms with Crippen LogP contribution in [0.4, 0.5) is 30.7 Å². The van der Waals surface area contributed by atoms with E-state index in [1.54, 1.807) is 0 Å². The molecule has 2 nitrogen and oxygen atoms in total. The van der Waals surface area contributed by atoms with Crippen molar-refractivity contribution in [1.82, 2.24) is 0 Å². The molecule has 1 aliphatic carbocycles. The Labute approximate surface area is 154 Å². The van der Waals surface area contributed by atoms with Gasteiger partial charge in [-0.05, 0) is 36.5 Å². The Balaban J connectivity index is 1.90. The van der Waals surface area contributed by atoms with Crippen molar-refractivity contribution in [3.63, 3.8) is 0 Å². The van der Waals surface area contributed by atoms with Crippen molar-refractivity contribution in [1.29, 1.82) is 0 Å². The second-order valence-corrected chi connectivity index (χ2v) is 6.49. The molecule has 0 atom stereocenters. The van der Waals surface area contributed by atoms with E-state index in [4.69, 9.17) is 0 Å². The number of Topliss-reactive ketones (excluding diaryl/α,β-unsaturated/α-hetero) is 1. The predicted molar refractivity (Wildman–Crippen MR) is 83.4 cm³/mol. The van der Waals surface area contributed by atoms with Crippen molar-refractivity contribution in [2.75, 3.05) is 0 Å². The summed E-state index contributed by atoms with van der Waals surface area (Å²) in [6, 6.07) is 1.72. The SMILES string of the molecule is O=C1CCC(c2cc(F)c(C(F)(F)Oc3cc(F)c(F)c(F)c3)c(F)c2)CC1. The van der Waals surface area contributed by atoms with Gasteiger partial charge in [0, 0.05) is 25.0 Å². The molecule has 2 aromatic rings. The van der Waals surface area contributed by atoms with E-state index in [1.165, 1.54) is 0 Å². The minimum Gasteiger partial charge on any atom is -0.429 e. The molecule has 0 aliphatic heterocycles. The molecular weight excluding hydrogens is 393 g/mol. The molecule has 0 unspecified atom stereocenters. The van der Waals surface area contributed by atoms with E-state index in [-0.39, 0.29) is 42.2 Å². The van der Waals surface area contributed by atoms with E-state index < -0.39 is 46.5 Å². The van der Waals surface area contributed by atoms with Crippen LogP contribution >= 0.6 is 0 Å². The largest absolute Gasteiger partial charge is 0.432 e. The third-order valence-electron chi connectivity index (χ3n) is 4.57. The molecule has 3 rings (SSSR count). The Hall–Kier alpha value is -2.58. The van der Waals surface area contributed by atoms with Crippen molar-refractivity contribution in [3.05, 3.63) is 64.5 Å². The number of ether oxygens (including phenoxy) is 1. The number of carbonyl (C=O) groups excluding carboxylic acids is 1. The zero-order chi connectivity index (χ0) is 20.6. The first-order valence-corrected chi connectivity index (χ1v) is 8.31. The highest BCUT2D eigenvalue weighted by Gasteiger charge is 2.42. The third kappa shape index (κ3) is 3.98. The third-order valence-corrected chi connectivity index (χ3v) is 4.57. The quantitative estimate of drug-likeness (QED) is 0.478. The van der Waals surface area contributed by atoms with Gasteiger partial charge in [-0.3, -0.25) is 4.79 Å². The van der Waals surface area contributed by atoms with E-state index in [0.717, 1.165) is 12.1 Å². The Kier molecular flexibility index (Phi) is 5.36. The van der Waals surface area contributed by atoms with Gasteiger partial charge < -0.3 is 4.74 Å². The predicted octanol–water partition coefficient (Wildman–Crippen LogP) is 5.74. The standard InChI is InChI=1S/C19H13F7O2/c20-13-5-10(9-1-3-11(27)4-2-9)6-14(21)17(13)19(25,26)28-12-7-15(22)18(24)16(23)8-12/h5-9H,1-4H2.